The predicted octanol–water partition coefficient (Wildman–Crippen LogP) is 3.95. The molecule has 2 aliphatic rings. The molecule has 0 saturated carbocycles. The lowest BCUT2D eigenvalue weighted by atomic mass is 9.88. The van der Waals surface area contributed by atoms with E-state index in [4.69, 9.17) is 4.74 Å². The molecule has 34 heavy (non-hydrogen) atoms. The molecule has 1 atom stereocenters. The van der Waals surface area contributed by atoms with E-state index in [1.54, 1.807) is 0 Å². The van der Waals surface area contributed by atoms with Gasteiger partial charge in [0.15, 0.2) is 5.16 Å². The van der Waals surface area contributed by atoms with E-state index >= 15 is 0 Å². The number of carbonyl (C=O) groups is 1. The third-order valence-electron chi connectivity index (χ3n) is 6.52. The van der Waals surface area contributed by atoms with Gasteiger partial charge in [0.2, 0.25) is 11.9 Å². The Kier molecular flexibility index (Phi) is 7.16. The molecule has 1 N–H and O–H groups in total. The van der Waals surface area contributed by atoms with Crippen LogP contribution in [0.25, 0.3) is 5.69 Å². The van der Waals surface area contributed by atoms with Crippen molar-refractivity contribution in [2.75, 3.05) is 37.0 Å². The first-order chi connectivity index (χ1) is 16.7. The minimum atomic E-state index is 0.0245. The number of aryl methyl sites for hydroxylation is 2. The molecule has 2 heterocycles. The molecule has 178 valence electrons. The minimum absolute atomic E-state index is 0.0245. The van der Waals surface area contributed by atoms with Crippen molar-refractivity contribution in [1.29, 1.82) is 0 Å². The second kappa shape index (κ2) is 10.6. The summed E-state index contributed by atoms with van der Waals surface area (Å²) in [7, 11) is 0. The Labute approximate surface area is 204 Å². The van der Waals surface area contributed by atoms with Crippen molar-refractivity contribution in [3.05, 3.63) is 65.2 Å². The normalized spacial score (nSPS) is 17.9. The van der Waals surface area contributed by atoms with E-state index in [0.717, 1.165) is 55.6 Å². The molecule has 1 saturated heterocycles. The standard InChI is InChI=1S/C26H31N5O2S/c1-2-19-7-5-10-21(17-19)31-25(30-13-15-33-16-14-30)28-29-26(31)34-18-24(32)27-23-12-6-9-20-8-3-4-11-22(20)23/h3-5,7-8,10-11,17,23H,2,6,9,12-16,18H2,1H3,(H,27,32)/t23-/m0/s1. The highest BCUT2D eigenvalue weighted by Crippen LogP contribution is 2.31. The van der Waals surface area contributed by atoms with E-state index in [1.165, 1.54) is 28.5 Å². The first-order valence-corrected chi connectivity index (χ1v) is 13.1. The highest BCUT2D eigenvalue weighted by Gasteiger charge is 2.24. The summed E-state index contributed by atoms with van der Waals surface area (Å²) in [5, 5.41) is 13.0. The second-order valence-electron chi connectivity index (χ2n) is 8.74. The summed E-state index contributed by atoms with van der Waals surface area (Å²) in [6.45, 7) is 5.05. The van der Waals surface area contributed by atoms with Gasteiger partial charge in [0.1, 0.15) is 0 Å². The van der Waals surface area contributed by atoms with Crippen LogP contribution in [0.15, 0.2) is 53.7 Å². The van der Waals surface area contributed by atoms with Crippen LogP contribution in [-0.4, -0.2) is 52.7 Å². The Bertz CT molecular complexity index is 1140. The second-order valence-corrected chi connectivity index (χ2v) is 9.68. The maximum absolute atomic E-state index is 12.9. The number of amides is 1. The van der Waals surface area contributed by atoms with Gasteiger partial charge in [-0.15, -0.1) is 10.2 Å². The molecule has 7 nitrogen and oxygen atoms in total. The number of nitrogens with zero attached hydrogens (tertiary/aromatic N) is 4. The van der Waals surface area contributed by atoms with Gasteiger partial charge < -0.3 is 15.0 Å². The van der Waals surface area contributed by atoms with Crippen molar-refractivity contribution in [2.24, 2.45) is 0 Å². The van der Waals surface area contributed by atoms with Crippen LogP contribution in [-0.2, 0) is 22.4 Å². The Morgan fingerprint density at radius 3 is 2.85 bits per heavy atom. The zero-order chi connectivity index (χ0) is 23.3. The summed E-state index contributed by atoms with van der Waals surface area (Å²) in [5.41, 5.74) is 4.87. The van der Waals surface area contributed by atoms with Crippen molar-refractivity contribution in [2.45, 2.75) is 43.8 Å². The fourth-order valence-electron chi connectivity index (χ4n) is 4.74. The third kappa shape index (κ3) is 4.98. The maximum atomic E-state index is 12.9. The molecule has 3 aromatic rings. The van der Waals surface area contributed by atoms with E-state index < -0.39 is 0 Å². The van der Waals surface area contributed by atoms with E-state index in [0.29, 0.717) is 19.0 Å². The van der Waals surface area contributed by atoms with Gasteiger partial charge in [-0.1, -0.05) is 55.1 Å². The van der Waals surface area contributed by atoms with Gasteiger partial charge in [-0.05, 0) is 54.5 Å². The van der Waals surface area contributed by atoms with Gasteiger partial charge in [0, 0.05) is 13.1 Å². The molecule has 1 aliphatic carbocycles. The molecule has 0 bridgehead atoms. The fourth-order valence-corrected chi connectivity index (χ4v) is 5.49. The zero-order valence-electron chi connectivity index (χ0n) is 19.6. The van der Waals surface area contributed by atoms with Gasteiger partial charge in [0.25, 0.3) is 0 Å². The van der Waals surface area contributed by atoms with Crippen LogP contribution in [0.4, 0.5) is 5.95 Å². The Morgan fingerprint density at radius 1 is 1.15 bits per heavy atom. The highest BCUT2D eigenvalue weighted by atomic mass is 32.2. The van der Waals surface area contributed by atoms with Crippen molar-refractivity contribution in [1.82, 2.24) is 20.1 Å². The van der Waals surface area contributed by atoms with Crippen LogP contribution < -0.4 is 10.2 Å². The molecule has 5 rings (SSSR count). The molecule has 2 aromatic carbocycles. The number of hydrogen-bond donors (Lipinski definition) is 1. The highest BCUT2D eigenvalue weighted by molar-refractivity contribution is 7.99. The van der Waals surface area contributed by atoms with Crippen molar-refractivity contribution in [3.8, 4) is 5.69 Å². The molecular weight excluding hydrogens is 446 g/mol. The summed E-state index contributed by atoms with van der Waals surface area (Å²) in [5.74, 6) is 1.13. The van der Waals surface area contributed by atoms with E-state index in [1.807, 2.05) is 0 Å². The molecule has 1 amide bonds. The van der Waals surface area contributed by atoms with Crippen LogP contribution in [0.5, 0.6) is 0 Å². The van der Waals surface area contributed by atoms with Crippen molar-refractivity contribution >= 4 is 23.6 Å². The lowest BCUT2D eigenvalue weighted by Crippen LogP contribution is -2.38. The number of fused-ring (bicyclic) bond motifs is 1. The maximum Gasteiger partial charge on any atom is 0.232 e. The summed E-state index contributed by atoms with van der Waals surface area (Å²) >= 11 is 1.44. The number of carbonyl (C=O) groups excluding carboxylic acids is 1. The lowest BCUT2D eigenvalue weighted by Gasteiger charge is -2.28. The molecular formula is C26H31N5O2S. The molecule has 0 spiro atoms. The van der Waals surface area contributed by atoms with Gasteiger partial charge >= 0.3 is 0 Å². The molecule has 1 aromatic heterocycles. The first-order valence-electron chi connectivity index (χ1n) is 12.1. The van der Waals surface area contributed by atoms with Crippen LogP contribution in [0.1, 0.15) is 42.5 Å². The van der Waals surface area contributed by atoms with Gasteiger partial charge in [-0.25, -0.2) is 0 Å². The van der Waals surface area contributed by atoms with Gasteiger partial charge in [-0.3, -0.25) is 9.36 Å². The average molecular weight is 478 g/mol. The molecule has 8 heteroatoms. The molecule has 0 unspecified atom stereocenters. The first kappa shape index (κ1) is 22.9. The van der Waals surface area contributed by atoms with Crippen molar-refractivity contribution in [3.63, 3.8) is 0 Å². The fraction of sp³-hybridized carbons (Fsp3) is 0.423. The summed E-state index contributed by atoms with van der Waals surface area (Å²) in [6.07, 6.45) is 4.12. The predicted molar refractivity (Wildman–Crippen MR) is 135 cm³/mol. The molecule has 1 fully saturated rings. The van der Waals surface area contributed by atoms with Crippen LogP contribution in [0.2, 0.25) is 0 Å². The quantitative estimate of drug-likeness (QED) is 0.520. The van der Waals surface area contributed by atoms with E-state index in [9.17, 15) is 4.79 Å². The number of anilines is 1. The Balaban J connectivity index is 1.34. The lowest BCUT2D eigenvalue weighted by molar-refractivity contribution is -0.119. The number of aromatic nitrogens is 3. The van der Waals surface area contributed by atoms with Gasteiger partial charge in [0.05, 0.1) is 30.7 Å². The zero-order valence-corrected chi connectivity index (χ0v) is 20.4. The third-order valence-corrected chi connectivity index (χ3v) is 7.45. The van der Waals surface area contributed by atoms with E-state index in [-0.39, 0.29) is 11.9 Å². The SMILES string of the molecule is CCc1cccc(-n2c(SCC(=O)N[C@H]3CCCc4ccccc43)nnc2N2CCOCC2)c1. The molecule has 0 radical (unpaired) electrons. The number of nitrogens with one attached hydrogen (secondary N) is 1. The number of hydrogen-bond acceptors (Lipinski definition) is 6. The van der Waals surface area contributed by atoms with Gasteiger partial charge in [-0.2, -0.15) is 0 Å². The van der Waals surface area contributed by atoms with Crippen LogP contribution >= 0.6 is 11.8 Å². The molecule has 1 aliphatic heterocycles. The largest absolute Gasteiger partial charge is 0.378 e. The summed E-state index contributed by atoms with van der Waals surface area (Å²) in [6, 6.07) is 17.0. The average Bonchev–Trinajstić information content (AvgIpc) is 3.32. The Hall–Kier alpha value is -2.84. The number of ether oxygens (including phenoxy) is 1. The van der Waals surface area contributed by atoms with Crippen molar-refractivity contribution < 1.29 is 9.53 Å². The monoisotopic (exact) mass is 477 g/mol. The summed E-state index contributed by atoms with van der Waals surface area (Å²) < 4.78 is 7.61. The number of benzene rings is 2. The number of rotatable bonds is 7. The number of thioether (sulfide) groups is 1. The minimum Gasteiger partial charge on any atom is -0.378 e. The summed E-state index contributed by atoms with van der Waals surface area (Å²) in [4.78, 5) is 15.1. The smallest absolute Gasteiger partial charge is 0.232 e. The Morgan fingerprint density at radius 2 is 2.00 bits per heavy atom. The number of morpholine rings is 1. The van der Waals surface area contributed by atoms with Crippen LogP contribution in [0.3, 0.4) is 0 Å². The van der Waals surface area contributed by atoms with E-state index in [2.05, 4.69) is 80.4 Å². The van der Waals surface area contributed by atoms with Crippen LogP contribution in [0, 0.1) is 0 Å². The topological polar surface area (TPSA) is 72.3 Å².